The first-order chi connectivity index (χ1) is 13.9. The number of hydrogen-bond donors (Lipinski definition) is 1. The first-order valence-electron chi connectivity index (χ1n) is 8.95. The van der Waals surface area contributed by atoms with Gasteiger partial charge in [-0.3, -0.25) is 19.3 Å². The van der Waals surface area contributed by atoms with Crippen molar-refractivity contribution >= 4 is 40.9 Å². The zero-order chi connectivity index (χ0) is 21.0. The maximum atomic E-state index is 12.6. The van der Waals surface area contributed by atoms with E-state index in [4.69, 9.17) is 14.6 Å². The van der Waals surface area contributed by atoms with Gasteiger partial charge < -0.3 is 19.5 Å². The van der Waals surface area contributed by atoms with Crippen LogP contribution in [0.25, 0.3) is 6.08 Å². The molecule has 0 atom stereocenters. The molecular weight excluding hydrogens is 400 g/mol. The molecule has 0 aliphatic carbocycles. The number of imide groups is 1. The molecule has 29 heavy (non-hydrogen) atoms. The molecule has 2 heterocycles. The summed E-state index contributed by atoms with van der Waals surface area (Å²) in [6.45, 7) is 0.537. The van der Waals surface area contributed by atoms with Crippen LogP contribution in [0.3, 0.4) is 0 Å². The number of carboxylic acid groups (broad SMARTS) is 1. The van der Waals surface area contributed by atoms with Crippen LogP contribution in [0.15, 0.2) is 23.1 Å². The number of methoxy groups -OCH3 is 1. The Morgan fingerprint density at radius 3 is 2.59 bits per heavy atom. The van der Waals surface area contributed by atoms with Crippen molar-refractivity contribution in [2.75, 3.05) is 33.4 Å². The third-order valence-corrected chi connectivity index (χ3v) is 5.37. The highest BCUT2D eigenvalue weighted by molar-refractivity contribution is 8.18. The molecule has 0 bridgehead atoms. The molecule has 3 amide bonds. The molecule has 2 aliphatic rings. The van der Waals surface area contributed by atoms with Crippen LogP contribution in [-0.4, -0.2) is 71.3 Å². The van der Waals surface area contributed by atoms with Gasteiger partial charge in [0, 0.05) is 13.1 Å². The van der Waals surface area contributed by atoms with Crippen molar-refractivity contribution in [2.24, 2.45) is 0 Å². The third-order valence-electron chi connectivity index (χ3n) is 4.46. The van der Waals surface area contributed by atoms with Crippen LogP contribution in [0.2, 0.25) is 0 Å². The van der Waals surface area contributed by atoms with Crippen LogP contribution in [0.4, 0.5) is 4.79 Å². The number of carboxylic acids is 1. The third kappa shape index (κ3) is 4.89. The standard InChI is InChI=1S/C19H20N2O7S/c1-27-14-8-12(4-5-13(14)28-11-17(23)24)9-15-18(25)21(19(26)29-15)10-16(22)20-6-2-3-7-20/h4-5,8-9H,2-3,6-7,10-11H2,1H3,(H,23,24)/b15-9-. The van der Waals surface area contributed by atoms with Crippen molar-refractivity contribution < 1.29 is 33.8 Å². The monoisotopic (exact) mass is 420 g/mol. The average Bonchev–Trinajstić information content (AvgIpc) is 3.31. The number of rotatable bonds is 7. The Morgan fingerprint density at radius 1 is 1.21 bits per heavy atom. The number of likely N-dealkylation sites (tertiary alicyclic amines) is 1. The maximum absolute atomic E-state index is 12.6. The minimum Gasteiger partial charge on any atom is -0.493 e. The van der Waals surface area contributed by atoms with Crippen LogP contribution >= 0.6 is 11.8 Å². The Balaban J connectivity index is 1.73. The van der Waals surface area contributed by atoms with Gasteiger partial charge in [-0.15, -0.1) is 0 Å². The van der Waals surface area contributed by atoms with Gasteiger partial charge in [0.2, 0.25) is 5.91 Å². The van der Waals surface area contributed by atoms with Crippen LogP contribution in [0, 0.1) is 0 Å². The molecule has 0 saturated carbocycles. The molecule has 3 rings (SSSR count). The van der Waals surface area contributed by atoms with Crippen molar-refractivity contribution in [1.82, 2.24) is 9.80 Å². The van der Waals surface area contributed by atoms with Crippen LogP contribution < -0.4 is 9.47 Å². The van der Waals surface area contributed by atoms with Crippen molar-refractivity contribution in [3.05, 3.63) is 28.7 Å². The number of carbonyl (C=O) groups excluding carboxylic acids is 3. The molecule has 1 aromatic rings. The minimum atomic E-state index is -1.12. The summed E-state index contributed by atoms with van der Waals surface area (Å²) < 4.78 is 10.3. The first-order valence-corrected chi connectivity index (χ1v) is 9.76. The van der Waals surface area contributed by atoms with E-state index in [0.29, 0.717) is 24.4 Å². The normalized spacial score (nSPS) is 17.9. The number of ether oxygens (including phenoxy) is 2. The number of nitrogens with zero attached hydrogens (tertiary/aromatic N) is 2. The zero-order valence-electron chi connectivity index (χ0n) is 15.8. The van der Waals surface area contributed by atoms with Gasteiger partial charge in [-0.05, 0) is 48.4 Å². The number of amides is 3. The second-order valence-electron chi connectivity index (χ2n) is 6.45. The van der Waals surface area contributed by atoms with Gasteiger partial charge in [-0.1, -0.05) is 6.07 Å². The van der Waals surface area contributed by atoms with Crippen molar-refractivity contribution in [3.8, 4) is 11.5 Å². The predicted molar refractivity (Wildman–Crippen MR) is 105 cm³/mol. The smallest absolute Gasteiger partial charge is 0.341 e. The van der Waals surface area contributed by atoms with Crippen LogP contribution in [0.1, 0.15) is 18.4 Å². The van der Waals surface area contributed by atoms with Crippen LogP contribution in [0.5, 0.6) is 11.5 Å². The fraction of sp³-hybridized carbons (Fsp3) is 0.368. The van der Waals surface area contributed by atoms with Gasteiger partial charge in [0.15, 0.2) is 18.1 Å². The molecule has 2 aliphatic heterocycles. The lowest BCUT2D eigenvalue weighted by molar-refractivity contribution is -0.139. The van der Waals surface area contributed by atoms with Crippen molar-refractivity contribution in [1.29, 1.82) is 0 Å². The van der Waals surface area contributed by atoms with E-state index in [1.165, 1.54) is 19.3 Å². The van der Waals surface area contributed by atoms with E-state index in [2.05, 4.69) is 0 Å². The summed E-state index contributed by atoms with van der Waals surface area (Å²) in [7, 11) is 1.41. The predicted octanol–water partition coefficient (Wildman–Crippen LogP) is 1.82. The van der Waals surface area contributed by atoms with E-state index in [1.54, 1.807) is 17.0 Å². The molecule has 0 aromatic heterocycles. The van der Waals surface area contributed by atoms with Gasteiger partial charge in [0.05, 0.1) is 12.0 Å². The van der Waals surface area contributed by atoms with E-state index in [-0.39, 0.29) is 23.1 Å². The number of aliphatic carboxylic acids is 1. The Bertz CT molecular complexity index is 877. The molecule has 0 radical (unpaired) electrons. The SMILES string of the molecule is COc1cc(/C=C2\SC(=O)N(CC(=O)N3CCCC3)C2=O)ccc1OCC(=O)O. The summed E-state index contributed by atoms with van der Waals surface area (Å²) in [4.78, 5) is 50.5. The molecule has 2 saturated heterocycles. The van der Waals surface area contributed by atoms with E-state index in [0.717, 1.165) is 29.5 Å². The largest absolute Gasteiger partial charge is 0.493 e. The summed E-state index contributed by atoms with van der Waals surface area (Å²) in [6.07, 6.45) is 3.39. The molecule has 154 valence electrons. The summed E-state index contributed by atoms with van der Waals surface area (Å²) in [5.74, 6) is -1.32. The highest BCUT2D eigenvalue weighted by atomic mass is 32.2. The van der Waals surface area contributed by atoms with Gasteiger partial charge in [0.25, 0.3) is 11.1 Å². The summed E-state index contributed by atoms with van der Waals surface area (Å²) >= 11 is 0.771. The average molecular weight is 420 g/mol. The maximum Gasteiger partial charge on any atom is 0.341 e. The van der Waals surface area contributed by atoms with Crippen molar-refractivity contribution in [2.45, 2.75) is 12.8 Å². The lowest BCUT2D eigenvalue weighted by atomic mass is 10.2. The number of carbonyl (C=O) groups is 4. The second kappa shape index (κ2) is 8.99. The summed E-state index contributed by atoms with van der Waals surface area (Å²) in [6, 6.07) is 4.71. The minimum absolute atomic E-state index is 0.200. The highest BCUT2D eigenvalue weighted by Crippen LogP contribution is 2.34. The van der Waals surface area contributed by atoms with E-state index >= 15 is 0 Å². The lowest BCUT2D eigenvalue weighted by Gasteiger charge is -2.18. The van der Waals surface area contributed by atoms with Crippen molar-refractivity contribution in [3.63, 3.8) is 0 Å². The summed E-state index contributed by atoms with van der Waals surface area (Å²) in [5, 5.41) is 8.23. The summed E-state index contributed by atoms with van der Waals surface area (Å²) in [5.41, 5.74) is 0.570. The van der Waals surface area contributed by atoms with E-state index in [9.17, 15) is 19.2 Å². The zero-order valence-corrected chi connectivity index (χ0v) is 16.6. The molecule has 0 unspecified atom stereocenters. The number of hydrogen-bond acceptors (Lipinski definition) is 7. The molecule has 1 aromatic carbocycles. The second-order valence-corrected chi connectivity index (χ2v) is 7.44. The molecule has 2 fully saturated rings. The lowest BCUT2D eigenvalue weighted by Crippen LogP contribution is -2.40. The molecule has 1 N–H and O–H groups in total. The van der Waals surface area contributed by atoms with E-state index in [1.807, 2.05) is 0 Å². The number of benzene rings is 1. The van der Waals surface area contributed by atoms with Crippen LogP contribution in [-0.2, 0) is 14.4 Å². The topological polar surface area (TPSA) is 113 Å². The number of thioether (sulfide) groups is 1. The highest BCUT2D eigenvalue weighted by Gasteiger charge is 2.37. The molecule has 10 heteroatoms. The van der Waals surface area contributed by atoms with E-state index < -0.39 is 23.7 Å². The Labute approximate surface area is 171 Å². The Kier molecular flexibility index (Phi) is 6.42. The molecule has 0 spiro atoms. The van der Waals surface area contributed by atoms with Gasteiger partial charge in [-0.2, -0.15) is 0 Å². The first kappa shape index (κ1) is 20.7. The molecule has 9 nitrogen and oxygen atoms in total. The fourth-order valence-corrected chi connectivity index (χ4v) is 3.86. The quantitative estimate of drug-likeness (QED) is 0.665. The van der Waals surface area contributed by atoms with Gasteiger partial charge in [0.1, 0.15) is 6.54 Å². The van der Waals surface area contributed by atoms with Gasteiger partial charge in [-0.25, -0.2) is 4.79 Å². The Morgan fingerprint density at radius 2 is 1.93 bits per heavy atom. The molecular formula is C19H20N2O7S. The fourth-order valence-electron chi connectivity index (χ4n) is 3.02. The Hall–Kier alpha value is -3.01. The van der Waals surface area contributed by atoms with Gasteiger partial charge >= 0.3 is 5.97 Å².